The van der Waals surface area contributed by atoms with Crippen molar-refractivity contribution in [3.63, 3.8) is 0 Å². The molecule has 2 rings (SSSR count). The van der Waals surface area contributed by atoms with Gasteiger partial charge < -0.3 is 5.32 Å². The molecule has 1 heteroatoms. The van der Waals surface area contributed by atoms with E-state index in [4.69, 9.17) is 0 Å². The summed E-state index contributed by atoms with van der Waals surface area (Å²) in [6.45, 7) is 0. The van der Waals surface area contributed by atoms with Crippen molar-refractivity contribution in [1.29, 1.82) is 0 Å². The van der Waals surface area contributed by atoms with E-state index in [1.807, 2.05) is 0 Å². The van der Waals surface area contributed by atoms with Crippen LogP contribution in [0.2, 0.25) is 0 Å². The molecule has 0 aromatic rings. The van der Waals surface area contributed by atoms with E-state index in [1.165, 1.54) is 32.1 Å². The first-order valence-corrected chi connectivity index (χ1v) is 4.59. The van der Waals surface area contributed by atoms with Gasteiger partial charge in [0.2, 0.25) is 0 Å². The van der Waals surface area contributed by atoms with E-state index in [-0.39, 0.29) is 0 Å². The van der Waals surface area contributed by atoms with Crippen molar-refractivity contribution in [2.45, 2.75) is 38.1 Å². The molecule has 0 amide bonds. The molecule has 0 radical (unpaired) electrons. The zero-order valence-corrected chi connectivity index (χ0v) is 6.77. The van der Waals surface area contributed by atoms with Crippen LogP contribution >= 0.6 is 0 Å². The summed E-state index contributed by atoms with van der Waals surface area (Å²) in [4.78, 5) is 0. The third-order valence-electron chi connectivity index (χ3n) is 3.45. The lowest BCUT2D eigenvalue weighted by Gasteiger charge is -2.46. The van der Waals surface area contributed by atoms with E-state index in [2.05, 4.69) is 12.4 Å². The predicted molar refractivity (Wildman–Crippen MR) is 42.9 cm³/mol. The maximum absolute atomic E-state index is 3.44. The number of rotatable bonds is 1. The Bertz CT molecular complexity index is 120. The topological polar surface area (TPSA) is 12.0 Å². The minimum atomic E-state index is 0.868. The molecule has 3 atom stereocenters. The van der Waals surface area contributed by atoms with Gasteiger partial charge in [0.1, 0.15) is 0 Å². The lowest BCUT2D eigenvalue weighted by atomic mass is 9.63. The predicted octanol–water partition coefficient (Wildman–Crippen LogP) is 1.78. The van der Waals surface area contributed by atoms with E-state index in [0.29, 0.717) is 0 Å². The molecule has 2 aliphatic rings. The van der Waals surface area contributed by atoms with E-state index in [1.54, 1.807) is 0 Å². The average Bonchev–Trinajstić information content (AvgIpc) is 1.91. The first kappa shape index (κ1) is 6.66. The maximum Gasteiger partial charge on any atom is 0.00949 e. The van der Waals surface area contributed by atoms with Crippen LogP contribution in [0.4, 0.5) is 0 Å². The second-order valence-electron chi connectivity index (χ2n) is 3.83. The van der Waals surface area contributed by atoms with Crippen LogP contribution in [-0.4, -0.2) is 13.1 Å². The van der Waals surface area contributed by atoms with Gasteiger partial charge in [-0.1, -0.05) is 12.8 Å². The molecule has 2 fully saturated rings. The smallest absolute Gasteiger partial charge is 0.00949 e. The second kappa shape index (κ2) is 2.54. The molecule has 2 aliphatic carbocycles. The van der Waals surface area contributed by atoms with Crippen LogP contribution in [0.5, 0.6) is 0 Å². The highest BCUT2D eigenvalue weighted by atomic mass is 14.9. The van der Waals surface area contributed by atoms with Gasteiger partial charge in [-0.25, -0.2) is 0 Å². The highest BCUT2D eigenvalue weighted by molar-refractivity contribution is 4.92. The van der Waals surface area contributed by atoms with Crippen molar-refractivity contribution in [3.8, 4) is 0 Å². The van der Waals surface area contributed by atoms with Gasteiger partial charge in [-0.2, -0.15) is 0 Å². The Morgan fingerprint density at radius 1 is 1.10 bits per heavy atom. The lowest BCUT2D eigenvalue weighted by molar-refractivity contribution is 0.0788. The number of nitrogens with one attached hydrogen (secondary N) is 1. The van der Waals surface area contributed by atoms with Crippen LogP contribution in [-0.2, 0) is 0 Å². The molecular weight excluding hydrogens is 122 g/mol. The van der Waals surface area contributed by atoms with Crippen LogP contribution < -0.4 is 5.32 Å². The molecule has 0 aliphatic heterocycles. The fraction of sp³-hybridized carbons (Fsp3) is 1.00. The van der Waals surface area contributed by atoms with Crippen molar-refractivity contribution in [2.75, 3.05) is 7.05 Å². The van der Waals surface area contributed by atoms with Crippen LogP contribution in [0.25, 0.3) is 0 Å². The molecule has 2 saturated carbocycles. The molecule has 0 aromatic carbocycles. The molecule has 0 bridgehead atoms. The fourth-order valence-corrected chi connectivity index (χ4v) is 2.66. The Labute approximate surface area is 63.2 Å². The summed E-state index contributed by atoms with van der Waals surface area (Å²) in [6, 6.07) is 0.868. The largest absolute Gasteiger partial charge is 0.317 e. The number of fused-ring (bicyclic) bond motifs is 1. The number of hydrogen-bond donors (Lipinski definition) is 1. The Kier molecular flexibility index (Phi) is 1.69. The van der Waals surface area contributed by atoms with E-state index >= 15 is 0 Å². The summed E-state index contributed by atoms with van der Waals surface area (Å²) in [6.07, 6.45) is 7.42. The van der Waals surface area contributed by atoms with Gasteiger partial charge in [-0.15, -0.1) is 0 Å². The first-order chi connectivity index (χ1) is 4.92. The third kappa shape index (κ3) is 0.878. The zero-order chi connectivity index (χ0) is 6.97. The Morgan fingerprint density at radius 3 is 2.50 bits per heavy atom. The first-order valence-electron chi connectivity index (χ1n) is 4.59. The molecule has 0 aromatic heterocycles. The van der Waals surface area contributed by atoms with Crippen molar-refractivity contribution in [3.05, 3.63) is 0 Å². The summed E-state index contributed by atoms with van der Waals surface area (Å²) < 4.78 is 0. The second-order valence-corrected chi connectivity index (χ2v) is 3.83. The molecule has 58 valence electrons. The summed E-state index contributed by atoms with van der Waals surface area (Å²) in [5.74, 6) is 2.16. The Hall–Kier alpha value is -0.0400. The Balaban J connectivity index is 1.94. The standard InChI is InChI=1S/C9H17N/c1-10-9-4-2-3-7-5-6-8(7)9/h7-10H,2-6H2,1H3. The van der Waals surface area contributed by atoms with Gasteiger partial charge in [0.15, 0.2) is 0 Å². The monoisotopic (exact) mass is 139 g/mol. The van der Waals surface area contributed by atoms with Gasteiger partial charge >= 0.3 is 0 Å². The van der Waals surface area contributed by atoms with E-state index in [9.17, 15) is 0 Å². The van der Waals surface area contributed by atoms with E-state index in [0.717, 1.165) is 17.9 Å². The van der Waals surface area contributed by atoms with Gasteiger partial charge in [-0.05, 0) is 38.1 Å². The molecule has 0 heterocycles. The van der Waals surface area contributed by atoms with Crippen LogP contribution in [0.1, 0.15) is 32.1 Å². The quantitative estimate of drug-likeness (QED) is 0.584. The molecule has 1 nitrogen and oxygen atoms in total. The van der Waals surface area contributed by atoms with Crippen LogP contribution in [0.3, 0.4) is 0 Å². The van der Waals surface area contributed by atoms with Crippen molar-refractivity contribution in [2.24, 2.45) is 11.8 Å². The fourth-order valence-electron chi connectivity index (χ4n) is 2.66. The summed E-state index contributed by atoms with van der Waals surface area (Å²) in [5, 5.41) is 3.44. The van der Waals surface area contributed by atoms with Gasteiger partial charge in [-0.3, -0.25) is 0 Å². The minimum absolute atomic E-state index is 0.868. The average molecular weight is 139 g/mol. The summed E-state index contributed by atoms with van der Waals surface area (Å²) in [7, 11) is 2.12. The van der Waals surface area contributed by atoms with Gasteiger partial charge in [0.25, 0.3) is 0 Å². The molecule has 0 spiro atoms. The third-order valence-corrected chi connectivity index (χ3v) is 3.45. The Morgan fingerprint density at radius 2 is 2.00 bits per heavy atom. The summed E-state index contributed by atoms with van der Waals surface area (Å²) in [5.41, 5.74) is 0. The van der Waals surface area contributed by atoms with E-state index < -0.39 is 0 Å². The molecule has 1 N–H and O–H groups in total. The van der Waals surface area contributed by atoms with Crippen molar-refractivity contribution >= 4 is 0 Å². The lowest BCUT2D eigenvalue weighted by Crippen LogP contribution is -2.46. The molecular formula is C9H17N. The van der Waals surface area contributed by atoms with Crippen molar-refractivity contribution < 1.29 is 0 Å². The van der Waals surface area contributed by atoms with Gasteiger partial charge in [0.05, 0.1) is 0 Å². The minimum Gasteiger partial charge on any atom is -0.317 e. The SMILES string of the molecule is CNC1CCCC2CCC21. The van der Waals surface area contributed by atoms with Gasteiger partial charge in [0, 0.05) is 6.04 Å². The summed E-state index contributed by atoms with van der Waals surface area (Å²) >= 11 is 0. The highest BCUT2D eigenvalue weighted by Crippen LogP contribution is 2.44. The zero-order valence-electron chi connectivity index (χ0n) is 6.77. The number of hydrogen-bond acceptors (Lipinski definition) is 1. The maximum atomic E-state index is 3.44. The van der Waals surface area contributed by atoms with Crippen molar-refractivity contribution in [1.82, 2.24) is 5.32 Å². The molecule has 0 saturated heterocycles. The molecule has 3 unspecified atom stereocenters. The van der Waals surface area contributed by atoms with Crippen LogP contribution in [0.15, 0.2) is 0 Å². The molecule has 10 heavy (non-hydrogen) atoms. The van der Waals surface area contributed by atoms with Crippen LogP contribution in [0, 0.1) is 11.8 Å². The normalized spacial score (nSPS) is 45.9. The highest BCUT2D eigenvalue weighted by Gasteiger charge is 2.38.